The van der Waals surface area contributed by atoms with Gasteiger partial charge in [-0.3, -0.25) is 9.13 Å². The third-order valence-electron chi connectivity index (χ3n) is 16.1. The molecule has 7 heteroatoms. The molecular formula is C68H51N5O2. The predicted octanol–water partition coefficient (Wildman–Crippen LogP) is 18.2. The number of pyridine rings is 1. The predicted molar refractivity (Wildman–Crippen MR) is 310 cm³/mol. The van der Waals surface area contributed by atoms with Gasteiger partial charge in [0.1, 0.15) is 28.2 Å². The first kappa shape index (κ1) is 43.4. The van der Waals surface area contributed by atoms with Gasteiger partial charge in [0.15, 0.2) is 5.58 Å². The van der Waals surface area contributed by atoms with Crippen molar-refractivity contribution in [2.75, 3.05) is 0 Å². The number of aryl methyl sites for hydroxylation is 1. The van der Waals surface area contributed by atoms with Crippen molar-refractivity contribution in [2.45, 2.75) is 52.4 Å². The summed E-state index contributed by atoms with van der Waals surface area (Å²) in [5.74, 6) is 0.830. The van der Waals surface area contributed by atoms with Crippen LogP contribution >= 0.6 is 0 Å². The van der Waals surface area contributed by atoms with Gasteiger partial charge in [-0.15, -0.1) is 0 Å². The highest BCUT2D eigenvalue weighted by molar-refractivity contribution is 6.16. The van der Waals surface area contributed by atoms with Crippen molar-refractivity contribution in [3.05, 3.63) is 217 Å². The molecule has 9 aromatic carbocycles. The number of aromatic amines is 1. The van der Waals surface area contributed by atoms with Crippen molar-refractivity contribution in [3.63, 3.8) is 0 Å². The number of imidazole rings is 1. The van der Waals surface area contributed by atoms with Crippen LogP contribution in [0, 0.1) is 6.92 Å². The fourth-order valence-electron chi connectivity index (χ4n) is 12.4. The standard InChI is InChI=1S/C68H51N5O2/c1-39-34-56-50(38-53(39)68(5,6)41-18-8-7-9-19-41)47-24-17-33-69-65(47)73(56)57-36-40(35-51-45-21-12-15-28-59(45)75-64(51)57)43-23-16-26-55-62(43)71-66(72(55)42-29-30-46-44-20-11-14-27-58(44)74-60(46)37-42)49-31-32-52(67(2,3)4)61-48-22-10-13-25-54(48)70-63(49)61/h7-38,70H,1-6H3. The molecule has 0 fully saturated rings. The van der Waals surface area contributed by atoms with Crippen LogP contribution in [0.25, 0.3) is 133 Å². The summed E-state index contributed by atoms with van der Waals surface area (Å²) in [5, 5.41) is 8.88. The van der Waals surface area contributed by atoms with Crippen LogP contribution in [0.3, 0.4) is 0 Å². The van der Waals surface area contributed by atoms with Gasteiger partial charge in [-0.1, -0.05) is 138 Å². The Labute approximate surface area is 432 Å². The molecule has 15 aromatic rings. The van der Waals surface area contributed by atoms with Crippen LogP contribution in [0.1, 0.15) is 56.9 Å². The second-order valence-corrected chi connectivity index (χ2v) is 21.9. The molecule has 0 atom stereocenters. The minimum absolute atomic E-state index is 0.111. The number of furan rings is 2. The van der Waals surface area contributed by atoms with Crippen molar-refractivity contribution in [3.8, 4) is 33.9 Å². The van der Waals surface area contributed by atoms with E-state index in [4.69, 9.17) is 18.8 Å². The lowest BCUT2D eigenvalue weighted by Gasteiger charge is -2.28. The van der Waals surface area contributed by atoms with Gasteiger partial charge >= 0.3 is 0 Å². The molecule has 0 aliphatic carbocycles. The molecule has 0 spiro atoms. The van der Waals surface area contributed by atoms with Crippen LogP contribution in [-0.2, 0) is 10.8 Å². The van der Waals surface area contributed by atoms with E-state index in [0.29, 0.717) is 0 Å². The Hall–Kier alpha value is -9.20. The summed E-state index contributed by atoms with van der Waals surface area (Å²) in [5.41, 5.74) is 18.9. The summed E-state index contributed by atoms with van der Waals surface area (Å²) >= 11 is 0. The molecule has 6 heterocycles. The van der Waals surface area contributed by atoms with Gasteiger partial charge in [-0.25, -0.2) is 9.97 Å². The number of fused-ring (bicyclic) bond motifs is 13. The fraction of sp³-hybridized carbons (Fsp3) is 0.118. The van der Waals surface area contributed by atoms with Gasteiger partial charge in [-0.2, -0.15) is 0 Å². The molecule has 15 rings (SSSR count). The Morgan fingerprint density at radius 1 is 0.507 bits per heavy atom. The Bertz CT molecular complexity index is 4860. The summed E-state index contributed by atoms with van der Waals surface area (Å²) in [6.45, 7) is 13.8. The highest BCUT2D eigenvalue weighted by Gasteiger charge is 2.30. The van der Waals surface area contributed by atoms with Crippen molar-refractivity contribution >= 4 is 98.7 Å². The van der Waals surface area contributed by atoms with Gasteiger partial charge in [0.2, 0.25) is 0 Å². The van der Waals surface area contributed by atoms with Gasteiger partial charge in [-0.05, 0) is 119 Å². The third kappa shape index (κ3) is 6.34. The van der Waals surface area contributed by atoms with E-state index in [2.05, 4.69) is 219 Å². The molecule has 0 unspecified atom stereocenters. The maximum atomic E-state index is 6.96. The maximum absolute atomic E-state index is 6.96. The minimum Gasteiger partial charge on any atom is -0.456 e. The van der Waals surface area contributed by atoms with E-state index in [1.54, 1.807) is 0 Å². The lowest BCUT2D eigenvalue weighted by Crippen LogP contribution is -2.20. The highest BCUT2D eigenvalue weighted by atomic mass is 16.3. The average Bonchev–Trinajstić information content (AvgIpc) is 4.25. The molecule has 1 N–H and O–H groups in total. The van der Waals surface area contributed by atoms with E-state index >= 15 is 0 Å². The first-order valence-corrected chi connectivity index (χ1v) is 25.9. The van der Waals surface area contributed by atoms with Gasteiger partial charge in [0, 0.05) is 77.4 Å². The summed E-state index contributed by atoms with van der Waals surface area (Å²) in [4.78, 5) is 14.9. The monoisotopic (exact) mass is 969 g/mol. The second kappa shape index (κ2) is 15.7. The number of nitrogens with zero attached hydrogens (tertiary/aromatic N) is 4. The fourth-order valence-corrected chi connectivity index (χ4v) is 12.4. The zero-order valence-electron chi connectivity index (χ0n) is 42.6. The highest BCUT2D eigenvalue weighted by Crippen LogP contribution is 2.46. The average molecular weight is 970 g/mol. The van der Waals surface area contributed by atoms with Gasteiger partial charge in [0.25, 0.3) is 0 Å². The zero-order chi connectivity index (χ0) is 50.5. The molecule has 7 nitrogen and oxygen atoms in total. The van der Waals surface area contributed by atoms with Crippen molar-refractivity contribution in [1.82, 2.24) is 24.1 Å². The Morgan fingerprint density at radius 2 is 1.23 bits per heavy atom. The normalized spacial score (nSPS) is 12.7. The number of aromatic nitrogens is 5. The van der Waals surface area contributed by atoms with Crippen molar-refractivity contribution in [2.24, 2.45) is 0 Å². The topological polar surface area (TPSA) is 77.7 Å². The van der Waals surface area contributed by atoms with E-state index in [-0.39, 0.29) is 10.8 Å². The van der Waals surface area contributed by atoms with E-state index in [0.717, 1.165) is 122 Å². The Morgan fingerprint density at radius 3 is 2.04 bits per heavy atom. The molecule has 75 heavy (non-hydrogen) atoms. The minimum atomic E-state index is -0.240. The summed E-state index contributed by atoms with van der Waals surface area (Å²) < 4.78 is 18.2. The van der Waals surface area contributed by atoms with Crippen LogP contribution in [0.15, 0.2) is 203 Å². The first-order chi connectivity index (χ1) is 36.5. The van der Waals surface area contributed by atoms with Crippen LogP contribution in [0.4, 0.5) is 0 Å². The second-order valence-electron chi connectivity index (χ2n) is 21.9. The largest absolute Gasteiger partial charge is 0.456 e. The van der Waals surface area contributed by atoms with Gasteiger partial charge in [0.05, 0.1) is 33.4 Å². The van der Waals surface area contributed by atoms with E-state index < -0.39 is 0 Å². The first-order valence-electron chi connectivity index (χ1n) is 25.9. The molecule has 6 aromatic heterocycles. The smallest absolute Gasteiger partial charge is 0.159 e. The van der Waals surface area contributed by atoms with Crippen LogP contribution in [0.5, 0.6) is 0 Å². The third-order valence-corrected chi connectivity index (χ3v) is 16.1. The number of hydrogen-bond acceptors (Lipinski definition) is 4. The zero-order valence-corrected chi connectivity index (χ0v) is 42.6. The van der Waals surface area contributed by atoms with Gasteiger partial charge < -0.3 is 13.8 Å². The van der Waals surface area contributed by atoms with Crippen LogP contribution in [0.2, 0.25) is 0 Å². The molecule has 0 amide bonds. The van der Waals surface area contributed by atoms with Crippen molar-refractivity contribution < 1.29 is 8.83 Å². The molecule has 0 saturated heterocycles. The maximum Gasteiger partial charge on any atom is 0.159 e. The molecule has 0 aliphatic rings. The Kier molecular flexibility index (Phi) is 9.06. The van der Waals surface area contributed by atoms with E-state index in [1.165, 1.54) is 33.0 Å². The SMILES string of the molecule is Cc1cc2c(cc1C(C)(C)c1ccccc1)c1cccnc1n2-c1cc(-c2cccc3c2nc(-c2ccc(C(C)(C)C)c4c2[nH]c2ccccc24)n3-c2ccc3c(c2)oc2ccccc23)cc2c1oc1ccccc12. The molecule has 0 aliphatic heterocycles. The lowest BCUT2D eigenvalue weighted by molar-refractivity contribution is 0.596. The van der Waals surface area contributed by atoms with E-state index in [1.807, 2.05) is 30.5 Å². The molecular weight excluding hydrogens is 919 g/mol. The van der Waals surface area contributed by atoms with E-state index in [9.17, 15) is 0 Å². The number of H-pyrrole nitrogens is 1. The molecule has 0 radical (unpaired) electrons. The van der Waals surface area contributed by atoms with Crippen molar-refractivity contribution in [1.29, 1.82) is 0 Å². The number of nitrogens with one attached hydrogen (secondary N) is 1. The summed E-state index contributed by atoms with van der Waals surface area (Å²) in [7, 11) is 0. The Balaban J connectivity index is 1.02. The summed E-state index contributed by atoms with van der Waals surface area (Å²) in [6, 6.07) is 67.4. The quantitative estimate of drug-likeness (QED) is 0.180. The number of para-hydroxylation sites is 4. The molecule has 360 valence electrons. The molecule has 0 saturated carbocycles. The number of rotatable bonds is 6. The number of benzene rings is 9. The summed E-state index contributed by atoms with van der Waals surface area (Å²) in [6.07, 6.45) is 1.90. The molecule has 0 bridgehead atoms. The van der Waals surface area contributed by atoms with Crippen LogP contribution < -0.4 is 0 Å². The van der Waals surface area contributed by atoms with Crippen LogP contribution in [-0.4, -0.2) is 24.1 Å². The number of hydrogen-bond donors (Lipinski definition) is 1. The lowest BCUT2D eigenvalue weighted by atomic mass is 9.76.